The highest BCUT2D eigenvalue weighted by molar-refractivity contribution is 8.23. The molecule has 3 heterocycles. The number of pyridine rings is 1. The van der Waals surface area contributed by atoms with Crippen molar-refractivity contribution in [3.8, 4) is 0 Å². The maximum Gasteiger partial charge on any atom is 0.271 e. The van der Waals surface area contributed by atoms with Crippen LogP contribution in [0.4, 0.5) is 11.4 Å². The Morgan fingerprint density at radius 1 is 1.23 bits per heavy atom. The molecule has 4 rings (SSSR count). The maximum absolute atomic E-state index is 12.3. The molecule has 2 aliphatic rings. The maximum atomic E-state index is 12.3. The number of likely N-dealkylation sites (tertiary alicyclic amines) is 1. The number of hydrogen-bond acceptors (Lipinski definition) is 6. The molecule has 0 radical (unpaired) electrons. The zero-order valence-corrected chi connectivity index (χ0v) is 17.7. The summed E-state index contributed by atoms with van der Waals surface area (Å²) >= 11 is 6.85. The number of aromatic nitrogens is 1. The van der Waals surface area contributed by atoms with E-state index in [1.54, 1.807) is 18.2 Å². The van der Waals surface area contributed by atoms with Gasteiger partial charge in [-0.3, -0.25) is 19.7 Å². The number of amides is 1. The summed E-state index contributed by atoms with van der Waals surface area (Å²) in [5, 5.41) is 13.5. The standard InChI is InChI=1S/C20H20N4O4S2/c25-18(21-15-3-1-4-16(8-15)24(27)28)12-30-20(29)22-9-13-7-14(11-22)17-5-2-6-19(26)23(17)10-13/h1-6,8,13-14H,7,9-12H2,(H,21,25)/t13-,14+/m1/s1. The van der Waals surface area contributed by atoms with Crippen LogP contribution in [0.25, 0.3) is 0 Å². The SMILES string of the molecule is O=C(CSC(=S)N1C[C@H]2C[C@@H](C1)c1cccc(=O)n1C2)Nc1cccc([N+](=O)[O-])c1. The van der Waals surface area contributed by atoms with Gasteiger partial charge in [-0.1, -0.05) is 36.1 Å². The molecule has 2 atom stereocenters. The van der Waals surface area contributed by atoms with Crippen molar-refractivity contribution in [1.29, 1.82) is 0 Å². The van der Waals surface area contributed by atoms with Crippen molar-refractivity contribution in [2.24, 2.45) is 5.92 Å². The molecule has 2 aromatic rings. The van der Waals surface area contributed by atoms with Crippen molar-refractivity contribution in [2.75, 3.05) is 24.2 Å². The molecule has 8 nitrogen and oxygen atoms in total. The molecule has 1 amide bonds. The van der Waals surface area contributed by atoms with E-state index in [0.29, 0.717) is 22.5 Å². The van der Waals surface area contributed by atoms with Crippen LogP contribution < -0.4 is 10.9 Å². The number of piperidine rings is 1. The number of non-ortho nitro benzene ring substituents is 1. The summed E-state index contributed by atoms with van der Waals surface area (Å²) in [6.07, 6.45) is 1.04. The summed E-state index contributed by atoms with van der Waals surface area (Å²) in [5.41, 5.74) is 1.41. The monoisotopic (exact) mass is 444 g/mol. The van der Waals surface area contributed by atoms with E-state index in [2.05, 4.69) is 10.2 Å². The van der Waals surface area contributed by atoms with Gasteiger partial charge in [-0.2, -0.15) is 0 Å². The zero-order chi connectivity index (χ0) is 21.3. The minimum Gasteiger partial charge on any atom is -0.356 e. The molecular weight excluding hydrogens is 424 g/mol. The lowest BCUT2D eigenvalue weighted by Crippen LogP contribution is -2.48. The van der Waals surface area contributed by atoms with Gasteiger partial charge in [0.25, 0.3) is 11.2 Å². The van der Waals surface area contributed by atoms with Crippen LogP contribution in [0.2, 0.25) is 0 Å². The Kier molecular flexibility index (Phi) is 5.87. The van der Waals surface area contributed by atoms with E-state index < -0.39 is 4.92 Å². The molecule has 1 saturated heterocycles. The molecule has 1 fully saturated rings. The third kappa shape index (κ3) is 4.39. The highest BCUT2D eigenvalue weighted by Gasteiger charge is 2.35. The van der Waals surface area contributed by atoms with Gasteiger partial charge < -0.3 is 14.8 Å². The molecule has 0 unspecified atom stereocenters. The highest BCUT2D eigenvalue weighted by atomic mass is 32.2. The molecule has 1 aromatic heterocycles. The first-order valence-corrected chi connectivity index (χ1v) is 11.0. The highest BCUT2D eigenvalue weighted by Crippen LogP contribution is 2.36. The number of thiocarbonyl (C=S) groups is 1. The Balaban J connectivity index is 1.34. The normalized spacial score (nSPS) is 19.7. The first kappa shape index (κ1) is 20.5. The lowest BCUT2D eigenvalue weighted by molar-refractivity contribution is -0.384. The van der Waals surface area contributed by atoms with Gasteiger partial charge in [-0.25, -0.2) is 0 Å². The molecule has 1 aromatic carbocycles. The van der Waals surface area contributed by atoms with Gasteiger partial charge in [0, 0.05) is 55.1 Å². The molecule has 2 bridgehead atoms. The molecule has 30 heavy (non-hydrogen) atoms. The summed E-state index contributed by atoms with van der Waals surface area (Å²) < 4.78 is 2.53. The average Bonchev–Trinajstić information content (AvgIpc) is 2.73. The third-order valence-corrected chi connectivity index (χ3v) is 6.93. The topological polar surface area (TPSA) is 97.5 Å². The number of thioether (sulfide) groups is 1. The van der Waals surface area contributed by atoms with Crippen LogP contribution in [0.15, 0.2) is 47.3 Å². The van der Waals surface area contributed by atoms with Gasteiger partial charge in [0.2, 0.25) is 5.91 Å². The van der Waals surface area contributed by atoms with E-state index >= 15 is 0 Å². The minimum absolute atomic E-state index is 0.0467. The van der Waals surface area contributed by atoms with Gasteiger partial charge in [0.05, 0.1) is 10.7 Å². The number of nitrogens with zero attached hydrogens (tertiary/aromatic N) is 3. The van der Waals surface area contributed by atoms with Crippen molar-refractivity contribution < 1.29 is 9.72 Å². The Hall–Kier alpha value is -2.72. The van der Waals surface area contributed by atoms with E-state index in [1.165, 1.54) is 30.0 Å². The van der Waals surface area contributed by atoms with Crippen LogP contribution in [-0.2, 0) is 11.3 Å². The van der Waals surface area contributed by atoms with E-state index in [0.717, 1.165) is 25.2 Å². The van der Waals surface area contributed by atoms with Crippen LogP contribution in [0.5, 0.6) is 0 Å². The van der Waals surface area contributed by atoms with Crippen LogP contribution in [0.1, 0.15) is 18.0 Å². The van der Waals surface area contributed by atoms with Crippen LogP contribution in [0, 0.1) is 16.0 Å². The number of nitro benzene ring substituents is 1. The van der Waals surface area contributed by atoms with E-state index in [1.807, 2.05) is 10.6 Å². The fourth-order valence-electron chi connectivity index (χ4n) is 4.16. The summed E-state index contributed by atoms with van der Waals surface area (Å²) in [6.45, 7) is 2.20. The Morgan fingerprint density at radius 3 is 2.83 bits per heavy atom. The van der Waals surface area contributed by atoms with Crippen LogP contribution in [-0.4, -0.2) is 43.5 Å². The Bertz CT molecular complexity index is 1070. The van der Waals surface area contributed by atoms with Crippen molar-refractivity contribution >= 4 is 45.6 Å². The zero-order valence-electron chi connectivity index (χ0n) is 16.0. The molecule has 0 aliphatic carbocycles. The van der Waals surface area contributed by atoms with E-state index in [9.17, 15) is 19.7 Å². The number of rotatable bonds is 4. The average molecular weight is 445 g/mol. The number of hydrogen-bond donors (Lipinski definition) is 1. The number of carbonyl (C=O) groups excluding carboxylic acids is 1. The van der Waals surface area contributed by atoms with Crippen LogP contribution >= 0.6 is 24.0 Å². The third-order valence-electron chi connectivity index (χ3n) is 5.41. The quantitative estimate of drug-likeness (QED) is 0.440. The number of nitrogens with one attached hydrogen (secondary N) is 1. The molecule has 156 valence electrons. The van der Waals surface area contributed by atoms with Gasteiger partial charge >= 0.3 is 0 Å². The summed E-state index contributed by atoms with van der Waals surface area (Å²) in [7, 11) is 0. The number of nitro groups is 1. The first-order chi connectivity index (χ1) is 14.4. The van der Waals surface area contributed by atoms with Gasteiger partial charge in [-0.15, -0.1) is 0 Å². The van der Waals surface area contributed by atoms with E-state index in [-0.39, 0.29) is 28.8 Å². The molecular formula is C20H20N4O4S2. The molecule has 10 heteroatoms. The fourth-order valence-corrected chi connectivity index (χ4v) is 5.14. The molecule has 0 spiro atoms. The summed E-state index contributed by atoms with van der Waals surface area (Å²) in [6, 6.07) is 11.3. The Morgan fingerprint density at radius 2 is 2.03 bits per heavy atom. The molecule has 2 aliphatic heterocycles. The minimum atomic E-state index is -0.501. The summed E-state index contributed by atoms with van der Waals surface area (Å²) in [4.78, 5) is 36.9. The number of benzene rings is 1. The largest absolute Gasteiger partial charge is 0.356 e. The van der Waals surface area contributed by atoms with Crippen molar-refractivity contribution in [3.05, 3.63) is 68.6 Å². The lowest BCUT2D eigenvalue weighted by Gasteiger charge is -2.43. The van der Waals surface area contributed by atoms with Gasteiger partial charge in [-0.05, 0) is 24.5 Å². The van der Waals surface area contributed by atoms with E-state index in [4.69, 9.17) is 12.2 Å². The van der Waals surface area contributed by atoms with Crippen LogP contribution in [0.3, 0.4) is 0 Å². The predicted molar refractivity (Wildman–Crippen MR) is 120 cm³/mol. The second-order valence-corrected chi connectivity index (χ2v) is 9.12. The fraction of sp³-hybridized carbons (Fsp3) is 0.350. The number of carbonyl (C=O) groups is 1. The number of anilines is 1. The summed E-state index contributed by atoms with van der Waals surface area (Å²) in [5.74, 6) is 0.470. The lowest BCUT2D eigenvalue weighted by atomic mass is 9.83. The van der Waals surface area contributed by atoms with Crippen molar-refractivity contribution in [3.63, 3.8) is 0 Å². The van der Waals surface area contributed by atoms with Crippen molar-refractivity contribution in [1.82, 2.24) is 9.47 Å². The second kappa shape index (κ2) is 8.57. The Labute approximate surface area is 182 Å². The smallest absolute Gasteiger partial charge is 0.271 e. The first-order valence-electron chi connectivity index (χ1n) is 9.56. The second-order valence-electron chi connectivity index (χ2n) is 7.51. The molecule has 0 saturated carbocycles. The van der Waals surface area contributed by atoms with Crippen molar-refractivity contribution in [2.45, 2.75) is 18.9 Å². The predicted octanol–water partition coefficient (Wildman–Crippen LogP) is 2.83. The van der Waals surface area contributed by atoms with Gasteiger partial charge in [0.1, 0.15) is 4.32 Å². The van der Waals surface area contributed by atoms with Gasteiger partial charge in [0.15, 0.2) is 0 Å². The molecule has 1 N–H and O–H groups in total. The number of fused-ring (bicyclic) bond motifs is 4.